The highest BCUT2D eigenvalue weighted by molar-refractivity contribution is 7.89. The molecule has 0 unspecified atom stereocenters. The highest BCUT2D eigenvalue weighted by atomic mass is 32.2. The highest BCUT2D eigenvalue weighted by Crippen LogP contribution is 2.75. The molecule has 4 rings (SSSR count). The summed E-state index contributed by atoms with van der Waals surface area (Å²) >= 11 is 0. The largest absolute Gasteiger partial charge is 0.477 e. The minimum absolute atomic E-state index is 0.00363. The van der Waals surface area contributed by atoms with Gasteiger partial charge in [-0.3, -0.25) is 0 Å². The summed E-state index contributed by atoms with van der Waals surface area (Å²) in [5, 5.41) is 9.07. The van der Waals surface area contributed by atoms with Crippen LogP contribution in [0.1, 0.15) is 28.9 Å². The SMILES string of the molecule is CN(CC12CC1C2)S(=O)(=O)c1cc(-c2cccc(C(=O)O)n2)cc(C(F)(F)F)c1. The van der Waals surface area contributed by atoms with Gasteiger partial charge >= 0.3 is 12.1 Å². The van der Waals surface area contributed by atoms with Crippen LogP contribution in [0.25, 0.3) is 11.3 Å². The quantitative estimate of drug-likeness (QED) is 0.764. The van der Waals surface area contributed by atoms with Crippen molar-refractivity contribution in [2.24, 2.45) is 11.3 Å². The number of nitrogens with zero attached hydrogens (tertiary/aromatic N) is 2. The van der Waals surface area contributed by atoms with E-state index in [1.165, 1.54) is 25.2 Å². The second-order valence-corrected chi connectivity index (χ2v) is 9.73. The Bertz CT molecular complexity index is 1110. The number of rotatable bonds is 6. The number of aromatic nitrogens is 1. The van der Waals surface area contributed by atoms with E-state index in [0.717, 1.165) is 29.3 Å². The third-order valence-electron chi connectivity index (χ3n) is 5.60. The fraction of sp³-hybridized carbons (Fsp3) is 0.368. The predicted molar refractivity (Wildman–Crippen MR) is 96.6 cm³/mol. The number of carboxylic acids is 1. The van der Waals surface area contributed by atoms with Gasteiger partial charge in [0.1, 0.15) is 5.69 Å². The van der Waals surface area contributed by atoms with Crippen LogP contribution in [-0.2, 0) is 16.2 Å². The molecule has 0 aliphatic heterocycles. The zero-order valence-electron chi connectivity index (χ0n) is 15.3. The number of halogens is 3. The van der Waals surface area contributed by atoms with Crippen LogP contribution in [0.3, 0.4) is 0 Å². The lowest BCUT2D eigenvalue weighted by Crippen LogP contribution is -2.30. The summed E-state index contributed by atoms with van der Waals surface area (Å²) in [6, 6.07) is 6.34. The van der Waals surface area contributed by atoms with Crippen LogP contribution in [0.15, 0.2) is 41.3 Å². The molecular weight excluding hydrogens is 409 g/mol. The number of hydrogen-bond donors (Lipinski definition) is 1. The molecule has 1 aromatic carbocycles. The van der Waals surface area contributed by atoms with Crippen molar-refractivity contribution >= 4 is 16.0 Å². The highest BCUT2D eigenvalue weighted by Gasteiger charge is 2.69. The van der Waals surface area contributed by atoms with Crippen molar-refractivity contribution in [2.45, 2.75) is 23.9 Å². The smallest absolute Gasteiger partial charge is 0.416 e. The average Bonchev–Trinajstić information content (AvgIpc) is 3.51. The molecule has 1 heterocycles. The molecule has 6 nitrogen and oxygen atoms in total. The zero-order valence-corrected chi connectivity index (χ0v) is 16.1. The molecule has 0 radical (unpaired) electrons. The Hall–Kier alpha value is -2.46. The molecule has 154 valence electrons. The van der Waals surface area contributed by atoms with Gasteiger partial charge in [-0.15, -0.1) is 0 Å². The van der Waals surface area contributed by atoms with Crippen LogP contribution in [-0.4, -0.2) is 42.4 Å². The maximum atomic E-state index is 13.4. The van der Waals surface area contributed by atoms with Crippen LogP contribution in [0.5, 0.6) is 0 Å². The molecule has 2 saturated carbocycles. The van der Waals surface area contributed by atoms with Crippen LogP contribution < -0.4 is 0 Å². The molecule has 2 aromatic rings. The summed E-state index contributed by atoms with van der Waals surface area (Å²) in [5.74, 6) is -0.811. The predicted octanol–water partition coefficient (Wildman–Crippen LogP) is 3.50. The van der Waals surface area contributed by atoms with Crippen molar-refractivity contribution < 1.29 is 31.5 Å². The standard InChI is InChI=1S/C19H17F3N2O4S/c1-24(10-18-8-13(18)9-18)29(27,28)14-6-11(5-12(7-14)19(20,21)22)15-3-2-4-16(23-15)17(25)26/h2-7,13H,8-10H2,1H3,(H,25,26). The molecule has 0 atom stereocenters. The molecule has 10 heteroatoms. The molecule has 0 amide bonds. The van der Waals surface area contributed by atoms with Gasteiger partial charge in [-0.05, 0) is 54.5 Å². The number of pyridine rings is 1. The molecule has 0 saturated heterocycles. The third-order valence-corrected chi connectivity index (χ3v) is 7.38. The fourth-order valence-electron chi connectivity index (χ4n) is 3.54. The van der Waals surface area contributed by atoms with Crippen molar-refractivity contribution in [1.82, 2.24) is 9.29 Å². The number of sulfonamides is 1. The van der Waals surface area contributed by atoms with Gasteiger partial charge in [0.15, 0.2) is 0 Å². The summed E-state index contributed by atoms with van der Waals surface area (Å²) in [7, 11) is -2.79. The van der Waals surface area contributed by atoms with E-state index in [1.807, 2.05) is 0 Å². The zero-order chi connectivity index (χ0) is 21.2. The second kappa shape index (κ2) is 6.27. The molecule has 2 fully saturated rings. The first-order valence-electron chi connectivity index (χ1n) is 8.82. The lowest BCUT2D eigenvalue weighted by molar-refractivity contribution is -0.137. The van der Waals surface area contributed by atoms with Crippen molar-refractivity contribution in [3.05, 3.63) is 47.7 Å². The summed E-state index contributed by atoms with van der Waals surface area (Å²) < 4.78 is 67.2. The van der Waals surface area contributed by atoms with Crippen LogP contribution >= 0.6 is 0 Å². The van der Waals surface area contributed by atoms with E-state index in [4.69, 9.17) is 5.11 Å². The van der Waals surface area contributed by atoms with E-state index in [1.54, 1.807) is 0 Å². The number of hydrogen-bond acceptors (Lipinski definition) is 4. The Morgan fingerprint density at radius 2 is 1.93 bits per heavy atom. The first-order valence-corrected chi connectivity index (χ1v) is 10.3. The summed E-state index contributed by atoms with van der Waals surface area (Å²) in [6.45, 7) is 0.276. The topological polar surface area (TPSA) is 87.6 Å². The normalized spacial score (nSPS) is 23.0. The molecule has 2 aliphatic rings. The van der Waals surface area contributed by atoms with E-state index in [9.17, 15) is 26.4 Å². The molecule has 0 bridgehead atoms. The maximum Gasteiger partial charge on any atom is 0.416 e. The Morgan fingerprint density at radius 3 is 2.48 bits per heavy atom. The van der Waals surface area contributed by atoms with Gasteiger partial charge in [0.2, 0.25) is 10.0 Å². The van der Waals surface area contributed by atoms with Crippen LogP contribution in [0.2, 0.25) is 0 Å². The molecule has 0 spiro atoms. The van der Waals surface area contributed by atoms with E-state index in [0.29, 0.717) is 12.0 Å². The molecular formula is C19H17F3N2O4S. The van der Waals surface area contributed by atoms with Gasteiger partial charge in [-0.25, -0.2) is 22.5 Å². The van der Waals surface area contributed by atoms with Gasteiger partial charge in [-0.1, -0.05) is 6.07 Å². The summed E-state index contributed by atoms with van der Waals surface area (Å²) in [5.41, 5.74) is -1.67. The summed E-state index contributed by atoms with van der Waals surface area (Å²) in [4.78, 5) is 14.5. The number of carboxylic acid groups (broad SMARTS) is 1. The minimum atomic E-state index is -4.78. The van der Waals surface area contributed by atoms with Crippen molar-refractivity contribution in [2.75, 3.05) is 13.6 Å². The van der Waals surface area contributed by atoms with Gasteiger partial charge in [0.25, 0.3) is 0 Å². The minimum Gasteiger partial charge on any atom is -0.477 e. The Morgan fingerprint density at radius 1 is 1.28 bits per heavy atom. The average molecular weight is 426 g/mol. The lowest BCUT2D eigenvalue weighted by Gasteiger charge is -2.20. The number of carbonyl (C=O) groups is 1. The number of fused-ring (bicyclic) bond motifs is 1. The maximum absolute atomic E-state index is 13.4. The molecule has 1 N–H and O–H groups in total. The first-order chi connectivity index (χ1) is 13.4. The van der Waals surface area contributed by atoms with Crippen LogP contribution in [0, 0.1) is 11.3 Å². The third kappa shape index (κ3) is 3.62. The van der Waals surface area contributed by atoms with E-state index in [2.05, 4.69) is 4.98 Å². The molecule has 2 aliphatic carbocycles. The van der Waals surface area contributed by atoms with Crippen LogP contribution in [0.4, 0.5) is 13.2 Å². The number of alkyl halides is 3. The monoisotopic (exact) mass is 426 g/mol. The van der Waals surface area contributed by atoms with Gasteiger partial charge in [0.05, 0.1) is 16.2 Å². The van der Waals surface area contributed by atoms with Gasteiger partial charge < -0.3 is 5.11 Å². The van der Waals surface area contributed by atoms with E-state index in [-0.39, 0.29) is 28.9 Å². The fourth-order valence-corrected chi connectivity index (χ4v) is 4.88. The van der Waals surface area contributed by atoms with Crippen molar-refractivity contribution in [1.29, 1.82) is 0 Å². The number of benzene rings is 1. The number of aromatic carboxylic acids is 1. The Balaban J connectivity index is 1.78. The summed E-state index contributed by atoms with van der Waals surface area (Å²) in [6.07, 6.45) is -2.88. The lowest BCUT2D eigenvalue weighted by atomic mass is 10.1. The van der Waals surface area contributed by atoms with Crippen molar-refractivity contribution in [3.8, 4) is 11.3 Å². The van der Waals surface area contributed by atoms with E-state index >= 15 is 0 Å². The Labute approximate surface area is 165 Å². The Kier molecular flexibility index (Phi) is 4.29. The van der Waals surface area contributed by atoms with Crippen molar-refractivity contribution in [3.63, 3.8) is 0 Å². The van der Waals surface area contributed by atoms with E-state index < -0.39 is 32.6 Å². The second-order valence-electron chi connectivity index (χ2n) is 7.69. The molecule has 29 heavy (non-hydrogen) atoms. The first kappa shape index (κ1) is 19.8. The molecule has 1 aromatic heterocycles. The van der Waals surface area contributed by atoms with Gasteiger partial charge in [0, 0.05) is 19.2 Å². The van der Waals surface area contributed by atoms with Gasteiger partial charge in [-0.2, -0.15) is 13.2 Å².